The van der Waals surface area contributed by atoms with Gasteiger partial charge in [0.05, 0.1) is 0 Å². The van der Waals surface area contributed by atoms with E-state index in [-0.39, 0.29) is 5.41 Å². The molecule has 2 nitrogen and oxygen atoms in total. The predicted molar refractivity (Wildman–Crippen MR) is 176 cm³/mol. The molecule has 0 aromatic heterocycles. The summed E-state index contributed by atoms with van der Waals surface area (Å²) in [7, 11) is 0. The van der Waals surface area contributed by atoms with Gasteiger partial charge in [0.15, 0.2) is 0 Å². The van der Waals surface area contributed by atoms with Crippen LogP contribution in [0.5, 0.6) is 0 Å². The number of nitrogens with zero attached hydrogens (tertiary/aromatic N) is 2. The minimum atomic E-state index is -0.140. The highest BCUT2D eigenvalue weighted by molar-refractivity contribution is 5.87. The maximum atomic E-state index is 2.40. The van der Waals surface area contributed by atoms with E-state index in [0.29, 0.717) is 0 Å². The normalized spacial score (nSPS) is 13.3. The van der Waals surface area contributed by atoms with Gasteiger partial charge in [0, 0.05) is 40.4 Å². The molecule has 5 aromatic rings. The average Bonchev–Trinajstić information content (AvgIpc) is 3.24. The maximum Gasteiger partial charge on any atom is 0.0465 e. The molecule has 41 heavy (non-hydrogen) atoms. The van der Waals surface area contributed by atoms with Crippen LogP contribution in [0.2, 0.25) is 0 Å². The molecule has 0 aliphatic heterocycles. The Hall–Kier alpha value is -4.82. The third kappa shape index (κ3) is 5.10. The largest absolute Gasteiger partial charge is 0.338 e. The Balaban J connectivity index is 1.42. The number of hydrogen-bond donors (Lipinski definition) is 0. The summed E-state index contributed by atoms with van der Waals surface area (Å²) in [6.45, 7) is 7.57. The number of allylic oxidation sites excluding steroid dienone is 3. The second-order valence-electron chi connectivity index (χ2n) is 11.0. The number of benzene rings is 5. The van der Waals surface area contributed by atoms with Gasteiger partial charge in [-0.05, 0) is 89.8 Å². The second-order valence-corrected chi connectivity index (χ2v) is 11.0. The molecule has 0 atom stereocenters. The smallest absolute Gasteiger partial charge is 0.0465 e. The van der Waals surface area contributed by atoms with Crippen molar-refractivity contribution in [1.82, 2.24) is 0 Å². The first kappa shape index (κ1) is 26.4. The van der Waals surface area contributed by atoms with E-state index in [1.165, 1.54) is 39.3 Å². The Morgan fingerprint density at radius 1 is 0.537 bits per heavy atom. The van der Waals surface area contributed by atoms with Crippen LogP contribution in [0.25, 0.3) is 11.1 Å². The quantitative estimate of drug-likeness (QED) is 0.183. The SMILES string of the molecule is C/C=C\C=C/CN(c1ccccc1)c1ccc2c(c1)C(C)(C)c1cc(N(c3ccccc3)c3ccccc3)ccc1-2. The van der Waals surface area contributed by atoms with E-state index in [1.807, 2.05) is 6.92 Å². The Kier molecular flexibility index (Phi) is 7.31. The molecule has 0 fully saturated rings. The van der Waals surface area contributed by atoms with Gasteiger partial charge in [0.25, 0.3) is 0 Å². The number of hydrogen-bond acceptors (Lipinski definition) is 2. The fraction of sp³-hybridized carbons (Fsp3) is 0.128. The zero-order valence-electron chi connectivity index (χ0n) is 24.0. The first-order valence-corrected chi connectivity index (χ1v) is 14.4. The zero-order valence-corrected chi connectivity index (χ0v) is 24.0. The van der Waals surface area contributed by atoms with Crippen molar-refractivity contribution in [3.63, 3.8) is 0 Å². The summed E-state index contributed by atoms with van der Waals surface area (Å²) in [6.07, 6.45) is 8.48. The highest BCUT2D eigenvalue weighted by Crippen LogP contribution is 2.51. The van der Waals surface area contributed by atoms with Crippen LogP contribution in [0.15, 0.2) is 152 Å². The lowest BCUT2D eigenvalue weighted by Gasteiger charge is -2.28. The fourth-order valence-corrected chi connectivity index (χ4v) is 5.95. The molecule has 0 spiro atoms. The molecule has 0 radical (unpaired) electrons. The van der Waals surface area contributed by atoms with Gasteiger partial charge in [0.2, 0.25) is 0 Å². The first-order chi connectivity index (χ1) is 20.1. The lowest BCUT2D eigenvalue weighted by molar-refractivity contribution is 0.660. The third-order valence-corrected chi connectivity index (χ3v) is 8.04. The monoisotopic (exact) mass is 532 g/mol. The van der Waals surface area contributed by atoms with Crippen molar-refractivity contribution in [3.05, 3.63) is 163 Å². The topological polar surface area (TPSA) is 6.48 Å². The van der Waals surface area contributed by atoms with Crippen LogP contribution in [0, 0.1) is 0 Å². The summed E-state index contributed by atoms with van der Waals surface area (Å²) in [4.78, 5) is 4.73. The van der Waals surface area contributed by atoms with Crippen molar-refractivity contribution in [3.8, 4) is 11.1 Å². The molecule has 5 aromatic carbocycles. The van der Waals surface area contributed by atoms with E-state index in [0.717, 1.165) is 17.9 Å². The van der Waals surface area contributed by atoms with Gasteiger partial charge in [-0.15, -0.1) is 0 Å². The molecule has 0 unspecified atom stereocenters. The minimum absolute atomic E-state index is 0.140. The van der Waals surface area contributed by atoms with Gasteiger partial charge in [-0.25, -0.2) is 0 Å². The van der Waals surface area contributed by atoms with E-state index in [2.05, 4.69) is 175 Å². The number of para-hydroxylation sites is 3. The Bertz CT molecular complexity index is 1640. The van der Waals surface area contributed by atoms with Crippen molar-refractivity contribution >= 4 is 28.4 Å². The molecule has 0 saturated heterocycles. The predicted octanol–water partition coefficient (Wildman–Crippen LogP) is 10.7. The summed E-state index contributed by atoms with van der Waals surface area (Å²) >= 11 is 0. The van der Waals surface area contributed by atoms with E-state index < -0.39 is 0 Å². The zero-order chi connectivity index (χ0) is 28.2. The molecule has 0 heterocycles. The van der Waals surface area contributed by atoms with Crippen molar-refractivity contribution in [2.75, 3.05) is 16.3 Å². The molecular weight excluding hydrogens is 496 g/mol. The van der Waals surface area contributed by atoms with Gasteiger partial charge >= 0.3 is 0 Å². The number of anilines is 5. The van der Waals surface area contributed by atoms with Crippen molar-refractivity contribution in [1.29, 1.82) is 0 Å². The molecule has 0 amide bonds. The van der Waals surface area contributed by atoms with Gasteiger partial charge < -0.3 is 9.80 Å². The van der Waals surface area contributed by atoms with E-state index >= 15 is 0 Å². The van der Waals surface area contributed by atoms with Crippen LogP contribution in [-0.2, 0) is 5.41 Å². The van der Waals surface area contributed by atoms with Crippen LogP contribution in [0.3, 0.4) is 0 Å². The van der Waals surface area contributed by atoms with Gasteiger partial charge in [-0.2, -0.15) is 0 Å². The summed E-state index contributed by atoms with van der Waals surface area (Å²) in [5.41, 5.74) is 11.1. The van der Waals surface area contributed by atoms with Gasteiger partial charge in [-0.3, -0.25) is 0 Å². The fourth-order valence-electron chi connectivity index (χ4n) is 5.95. The Morgan fingerprint density at radius 2 is 1.02 bits per heavy atom. The molecule has 6 rings (SSSR count). The molecule has 202 valence electrons. The van der Waals surface area contributed by atoms with E-state index in [1.54, 1.807) is 0 Å². The van der Waals surface area contributed by atoms with E-state index in [9.17, 15) is 0 Å². The summed E-state index contributed by atoms with van der Waals surface area (Å²) < 4.78 is 0. The van der Waals surface area contributed by atoms with Gasteiger partial charge in [-0.1, -0.05) is 105 Å². The molecule has 1 aliphatic rings. The Labute approximate surface area is 244 Å². The molecule has 0 bridgehead atoms. The Morgan fingerprint density at radius 3 is 1.56 bits per heavy atom. The van der Waals surface area contributed by atoms with Crippen molar-refractivity contribution in [2.24, 2.45) is 0 Å². The molecular formula is C39H36N2. The van der Waals surface area contributed by atoms with Crippen molar-refractivity contribution in [2.45, 2.75) is 26.2 Å². The van der Waals surface area contributed by atoms with Crippen LogP contribution in [-0.4, -0.2) is 6.54 Å². The van der Waals surface area contributed by atoms with Crippen LogP contribution >= 0.6 is 0 Å². The molecule has 2 heteroatoms. The summed E-state index contributed by atoms with van der Waals surface area (Å²) in [5, 5.41) is 0. The molecule has 1 aliphatic carbocycles. The first-order valence-electron chi connectivity index (χ1n) is 14.4. The van der Waals surface area contributed by atoms with Crippen LogP contribution in [0.1, 0.15) is 31.9 Å². The van der Waals surface area contributed by atoms with E-state index in [4.69, 9.17) is 0 Å². The molecule has 0 N–H and O–H groups in total. The lowest BCUT2D eigenvalue weighted by atomic mass is 9.82. The summed E-state index contributed by atoms with van der Waals surface area (Å²) in [5.74, 6) is 0. The average molecular weight is 533 g/mol. The number of fused-ring (bicyclic) bond motifs is 3. The molecule has 0 saturated carbocycles. The van der Waals surface area contributed by atoms with Crippen LogP contribution in [0.4, 0.5) is 28.4 Å². The van der Waals surface area contributed by atoms with Crippen LogP contribution < -0.4 is 9.80 Å². The second kappa shape index (κ2) is 11.3. The lowest BCUT2D eigenvalue weighted by Crippen LogP contribution is -2.19. The summed E-state index contributed by atoms with van der Waals surface area (Å²) in [6, 6.07) is 45.9. The van der Waals surface area contributed by atoms with Gasteiger partial charge in [0.1, 0.15) is 0 Å². The highest BCUT2D eigenvalue weighted by Gasteiger charge is 2.36. The number of rotatable bonds is 8. The minimum Gasteiger partial charge on any atom is -0.338 e. The standard InChI is InChI=1S/C39H36N2/c1-4-5-6-16-27-40(30-17-10-7-11-18-30)33-23-25-35-36-26-24-34(29-38(36)39(2,3)37(35)28-33)41(31-19-12-8-13-20-31)32-21-14-9-15-22-32/h4-26,28-29H,27H2,1-3H3/b5-4-,16-6-. The maximum absolute atomic E-state index is 2.40. The highest BCUT2D eigenvalue weighted by atomic mass is 15.1. The van der Waals surface area contributed by atoms with Crippen molar-refractivity contribution < 1.29 is 0 Å². The third-order valence-electron chi connectivity index (χ3n) is 8.04.